The molecule has 0 aromatic carbocycles. The highest BCUT2D eigenvalue weighted by atomic mass is 16.5. The highest BCUT2D eigenvalue weighted by molar-refractivity contribution is 5.76. The van der Waals surface area contributed by atoms with Crippen LogP contribution in [0.2, 0.25) is 0 Å². The second kappa shape index (κ2) is 9.02. The van der Waals surface area contributed by atoms with E-state index in [0.29, 0.717) is 24.7 Å². The number of likely N-dealkylation sites (tertiary alicyclic amines) is 1. The molecule has 1 atom stereocenters. The van der Waals surface area contributed by atoms with Crippen LogP contribution in [-0.2, 0) is 4.79 Å². The zero-order valence-corrected chi connectivity index (χ0v) is 15.2. The van der Waals surface area contributed by atoms with Crippen molar-refractivity contribution in [3.63, 3.8) is 0 Å². The van der Waals surface area contributed by atoms with Gasteiger partial charge in [0.05, 0.1) is 13.7 Å². The molecule has 3 rings (SSSR count). The van der Waals surface area contributed by atoms with Crippen LogP contribution >= 0.6 is 0 Å². The molecule has 1 saturated carbocycles. The second-order valence-electron chi connectivity index (χ2n) is 7.18. The number of methoxy groups -OCH3 is 1. The summed E-state index contributed by atoms with van der Waals surface area (Å²) in [5, 5.41) is 7.93. The van der Waals surface area contributed by atoms with Crippen molar-refractivity contribution in [2.75, 3.05) is 20.2 Å². The topological polar surface area (TPSA) is 64.6 Å². The van der Waals surface area contributed by atoms with Gasteiger partial charge in [0.15, 0.2) is 0 Å². The van der Waals surface area contributed by atoms with Gasteiger partial charge in [0.1, 0.15) is 6.10 Å². The molecule has 6 nitrogen and oxygen atoms in total. The third-order valence-electron chi connectivity index (χ3n) is 5.33. The summed E-state index contributed by atoms with van der Waals surface area (Å²) in [4.78, 5) is 14.5. The van der Waals surface area contributed by atoms with Gasteiger partial charge in [-0.2, -0.15) is 0 Å². The monoisotopic (exact) mass is 347 g/mol. The fourth-order valence-corrected chi connectivity index (χ4v) is 3.87. The van der Waals surface area contributed by atoms with Crippen LogP contribution in [0.5, 0.6) is 11.8 Å². The van der Waals surface area contributed by atoms with Crippen LogP contribution in [0.3, 0.4) is 0 Å². The number of rotatable bonds is 6. The van der Waals surface area contributed by atoms with Gasteiger partial charge in [0.25, 0.3) is 0 Å². The third kappa shape index (κ3) is 5.31. The van der Waals surface area contributed by atoms with Crippen LogP contribution in [-0.4, -0.2) is 47.3 Å². The number of nitrogens with zero attached hydrogens (tertiary/aromatic N) is 3. The van der Waals surface area contributed by atoms with Gasteiger partial charge < -0.3 is 14.4 Å². The normalized spacial score (nSPS) is 21.8. The standard InChI is InChI=1S/C19H29N3O3/c1-24-17-10-11-18(21-20-17)25-16-8-5-13-22(14-16)19(23)12-9-15-6-3-2-4-7-15/h10-11,15-16H,2-9,12-14H2,1H3. The summed E-state index contributed by atoms with van der Waals surface area (Å²) < 4.78 is 10.9. The average molecular weight is 347 g/mol. The zero-order valence-electron chi connectivity index (χ0n) is 15.2. The van der Waals surface area contributed by atoms with Gasteiger partial charge in [-0.05, 0) is 25.2 Å². The minimum atomic E-state index is -0.00456. The van der Waals surface area contributed by atoms with E-state index in [0.717, 1.165) is 31.7 Å². The molecule has 0 radical (unpaired) electrons. The molecule has 1 aliphatic carbocycles. The smallest absolute Gasteiger partial charge is 0.233 e. The molecule has 2 heterocycles. The first-order valence-corrected chi connectivity index (χ1v) is 9.57. The predicted octanol–water partition coefficient (Wildman–Crippen LogP) is 3.22. The van der Waals surface area contributed by atoms with Crippen molar-refractivity contribution >= 4 is 5.91 Å². The number of carbonyl (C=O) groups is 1. The van der Waals surface area contributed by atoms with Crippen molar-refractivity contribution in [2.24, 2.45) is 5.92 Å². The molecule has 2 aliphatic rings. The molecule has 1 aromatic heterocycles. The van der Waals surface area contributed by atoms with Crippen LogP contribution in [0.15, 0.2) is 12.1 Å². The molecule has 25 heavy (non-hydrogen) atoms. The van der Waals surface area contributed by atoms with Crippen LogP contribution in [0, 0.1) is 5.92 Å². The SMILES string of the molecule is COc1ccc(OC2CCCN(C(=O)CCC3CCCCC3)C2)nn1. The lowest BCUT2D eigenvalue weighted by Gasteiger charge is -2.33. The lowest BCUT2D eigenvalue weighted by molar-refractivity contribution is -0.134. The lowest BCUT2D eigenvalue weighted by Crippen LogP contribution is -2.44. The molecule has 6 heteroatoms. The fourth-order valence-electron chi connectivity index (χ4n) is 3.87. The van der Waals surface area contributed by atoms with Crippen LogP contribution < -0.4 is 9.47 Å². The Bertz CT molecular complexity index is 543. The number of ether oxygens (including phenoxy) is 2. The van der Waals surface area contributed by atoms with Crippen molar-refractivity contribution in [3.8, 4) is 11.8 Å². The first-order chi connectivity index (χ1) is 12.2. The zero-order chi connectivity index (χ0) is 17.5. The molecule has 1 unspecified atom stereocenters. The molecule has 0 N–H and O–H groups in total. The summed E-state index contributed by atoms with van der Waals surface area (Å²) in [5.74, 6) is 1.99. The van der Waals surface area contributed by atoms with Crippen molar-refractivity contribution in [1.82, 2.24) is 15.1 Å². The van der Waals surface area contributed by atoms with Crippen LogP contribution in [0.1, 0.15) is 57.8 Å². The van der Waals surface area contributed by atoms with Gasteiger partial charge in [-0.25, -0.2) is 0 Å². The predicted molar refractivity (Wildman–Crippen MR) is 94.6 cm³/mol. The Morgan fingerprint density at radius 3 is 2.60 bits per heavy atom. The van der Waals surface area contributed by atoms with E-state index in [1.165, 1.54) is 32.1 Å². The number of hydrogen-bond acceptors (Lipinski definition) is 5. The highest BCUT2D eigenvalue weighted by Gasteiger charge is 2.26. The first-order valence-electron chi connectivity index (χ1n) is 9.57. The summed E-state index contributed by atoms with van der Waals surface area (Å²) in [6.07, 6.45) is 10.3. The van der Waals surface area contributed by atoms with Gasteiger partial charge in [-0.3, -0.25) is 4.79 Å². The Morgan fingerprint density at radius 2 is 1.88 bits per heavy atom. The molecule has 2 fully saturated rings. The van der Waals surface area contributed by atoms with E-state index in [-0.39, 0.29) is 12.0 Å². The Hall–Kier alpha value is -1.85. The lowest BCUT2D eigenvalue weighted by atomic mass is 9.86. The molecule has 1 amide bonds. The Morgan fingerprint density at radius 1 is 1.12 bits per heavy atom. The molecule has 0 bridgehead atoms. The van der Waals surface area contributed by atoms with E-state index in [9.17, 15) is 4.79 Å². The summed E-state index contributed by atoms with van der Waals surface area (Å²) in [5.41, 5.74) is 0. The van der Waals surface area contributed by atoms with E-state index in [1.54, 1.807) is 19.2 Å². The maximum atomic E-state index is 12.5. The van der Waals surface area contributed by atoms with E-state index in [1.807, 2.05) is 4.90 Å². The summed E-state index contributed by atoms with van der Waals surface area (Å²) >= 11 is 0. The van der Waals surface area contributed by atoms with Crippen molar-refractivity contribution in [2.45, 2.75) is 63.9 Å². The number of hydrogen-bond donors (Lipinski definition) is 0. The van der Waals surface area contributed by atoms with Crippen molar-refractivity contribution < 1.29 is 14.3 Å². The quantitative estimate of drug-likeness (QED) is 0.790. The van der Waals surface area contributed by atoms with Gasteiger partial charge in [-0.15, -0.1) is 10.2 Å². The minimum Gasteiger partial charge on any atom is -0.480 e. The average Bonchev–Trinajstić information content (AvgIpc) is 2.68. The van der Waals surface area contributed by atoms with E-state index in [2.05, 4.69) is 10.2 Å². The number of carbonyl (C=O) groups excluding carboxylic acids is 1. The molecule has 138 valence electrons. The maximum absolute atomic E-state index is 12.5. The molecular formula is C19H29N3O3. The van der Waals surface area contributed by atoms with Crippen molar-refractivity contribution in [3.05, 3.63) is 12.1 Å². The van der Waals surface area contributed by atoms with Gasteiger partial charge in [0.2, 0.25) is 17.7 Å². The van der Waals surface area contributed by atoms with E-state index < -0.39 is 0 Å². The summed E-state index contributed by atoms with van der Waals surface area (Å²) in [7, 11) is 1.56. The maximum Gasteiger partial charge on any atom is 0.233 e. The molecule has 1 aliphatic heterocycles. The van der Waals surface area contributed by atoms with E-state index >= 15 is 0 Å². The molecule has 0 spiro atoms. The fraction of sp³-hybridized carbons (Fsp3) is 0.737. The number of amides is 1. The Labute approximate surface area is 149 Å². The molecule has 1 aromatic rings. The number of aromatic nitrogens is 2. The summed E-state index contributed by atoms with van der Waals surface area (Å²) in [6, 6.07) is 3.49. The number of piperidine rings is 1. The van der Waals surface area contributed by atoms with Gasteiger partial charge in [0, 0.05) is 25.1 Å². The first kappa shape index (κ1) is 18.0. The Kier molecular flexibility index (Phi) is 6.48. The largest absolute Gasteiger partial charge is 0.480 e. The van der Waals surface area contributed by atoms with Crippen molar-refractivity contribution in [1.29, 1.82) is 0 Å². The van der Waals surface area contributed by atoms with Crippen LogP contribution in [0.25, 0.3) is 0 Å². The highest BCUT2D eigenvalue weighted by Crippen LogP contribution is 2.28. The Balaban J connectivity index is 1.45. The molecular weight excluding hydrogens is 318 g/mol. The minimum absolute atomic E-state index is 0.00456. The van der Waals surface area contributed by atoms with Gasteiger partial charge >= 0.3 is 0 Å². The van der Waals surface area contributed by atoms with Crippen LogP contribution in [0.4, 0.5) is 0 Å². The molecule has 1 saturated heterocycles. The summed E-state index contributed by atoms with van der Waals surface area (Å²) in [6.45, 7) is 1.49. The van der Waals surface area contributed by atoms with E-state index in [4.69, 9.17) is 9.47 Å². The van der Waals surface area contributed by atoms with Gasteiger partial charge in [-0.1, -0.05) is 32.1 Å². The third-order valence-corrected chi connectivity index (χ3v) is 5.33. The second-order valence-corrected chi connectivity index (χ2v) is 7.18.